The third-order valence-corrected chi connectivity index (χ3v) is 8.17. The number of nitrogens with zero attached hydrogens (tertiary/aromatic N) is 3. The first-order valence-electron chi connectivity index (χ1n) is 15.0. The smallest absolute Gasteiger partial charge is 0.225 e. The summed E-state index contributed by atoms with van der Waals surface area (Å²) >= 11 is 0. The van der Waals surface area contributed by atoms with Crippen LogP contribution in [0.1, 0.15) is 36.8 Å². The first-order chi connectivity index (χ1) is 20.5. The van der Waals surface area contributed by atoms with Gasteiger partial charge in [0.05, 0.1) is 25.4 Å². The standard InChI is InChI=1S/C34H44N6O2/c1-40(2)33-29-11-7-8-12-30(29)38-34(39-33)37-27-15-13-24(14-16-27)22-35-23-26-10-6-5-9-25(26)19-20-36-31-21-28(41-3)17-18-32(31)42-4/h5-12,17-18,21,24,27,35-36H,13-16,19-20,22-23H2,1-4H3,(H,37,38,39). The quantitative estimate of drug-likeness (QED) is 0.178. The van der Waals surface area contributed by atoms with Gasteiger partial charge in [0.1, 0.15) is 17.3 Å². The molecule has 1 aliphatic rings. The molecule has 42 heavy (non-hydrogen) atoms. The number of fused-ring (bicyclic) bond motifs is 1. The van der Waals surface area contributed by atoms with Gasteiger partial charge in [0, 0.05) is 44.7 Å². The number of hydrogen-bond acceptors (Lipinski definition) is 8. The number of hydrogen-bond donors (Lipinski definition) is 3. The van der Waals surface area contributed by atoms with Crippen LogP contribution in [0, 0.1) is 5.92 Å². The molecule has 0 bridgehead atoms. The number of anilines is 3. The van der Waals surface area contributed by atoms with Crippen LogP contribution in [0.2, 0.25) is 0 Å². The molecule has 3 aromatic carbocycles. The van der Waals surface area contributed by atoms with E-state index >= 15 is 0 Å². The first kappa shape index (κ1) is 29.5. The Kier molecular flexibility index (Phi) is 9.98. The van der Waals surface area contributed by atoms with Crippen molar-refractivity contribution >= 4 is 28.4 Å². The van der Waals surface area contributed by atoms with Gasteiger partial charge in [-0.2, -0.15) is 4.98 Å². The second-order valence-electron chi connectivity index (χ2n) is 11.3. The summed E-state index contributed by atoms with van der Waals surface area (Å²) in [5.74, 6) is 4.01. The molecule has 8 nitrogen and oxygen atoms in total. The number of benzene rings is 3. The highest BCUT2D eigenvalue weighted by atomic mass is 16.5. The zero-order valence-electron chi connectivity index (χ0n) is 25.3. The van der Waals surface area contributed by atoms with Crippen LogP contribution in [0.4, 0.5) is 17.5 Å². The molecule has 8 heteroatoms. The molecule has 1 aliphatic carbocycles. The van der Waals surface area contributed by atoms with Gasteiger partial charge < -0.3 is 30.3 Å². The molecule has 222 valence electrons. The van der Waals surface area contributed by atoms with E-state index in [0.29, 0.717) is 12.0 Å². The maximum atomic E-state index is 5.51. The molecule has 0 amide bonds. The molecule has 1 saturated carbocycles. The Balaban J connectivity index is 1.08. The fourth-order valence-electron chi connectivity index (χ4n) is 5.83. The van der Waals surface area contributed by atoms with Crippen LogP contribution in [0.25, 0.3) is 10.9 Å². The maximum absolute atomic E-state index is 5.51. The monoisotopic (exact) mass is 568 g/mol. The van der Waals surface area contributed by atoms with Gasteiger partial charge in [-0.1, -0.05) is 36.4 Å². The average Bonchev–Trinajstić information content (AvgIpc) is 3.02. The third kappa shape index (κ3) is 7.42. The molecule has 1 aromatic heterocycles. The Morgan fingerprint density at radius 1 is 0.857 bits per heavy atom. The highest BCUT2D eigenvalue weighted by Gasteiger charge is 2.22. The molecule has 0 atom stereocenters. The predicted molar refractivity (Wildman–Crippen MR) is 173 cm³/mol. The lowest BCUT2D eigenvalue weighted by atomic mass is 9.86. The van der Waals surface area contributed by atoms with Crippen molar-refractivity contribution in [3.05, 3.63) is 77.9 Å². The van der Waals surface area contributed by atoms with E-state index in [2.05, 4.69) is 57.2 Å². The Hall–Kier alpha value is -4.04. The molecule has 0 unspecified atom stereocenters. The summed E-state index contributed by atoms with van der Waals surface area (Å²) in [6.07, 6.45) is 5.60. The van der Waals surface area contributed by atoms with Crippen molar-refractivity contribution in [2.24, 2.45) is 5.92 Å². The zero-order chi connectivity index (χ0) is 29.3. The van der Waals surface area contributed by atoms with Crippen molar-refractivity contribution in [2.45, 2.75) is 44.7 Å². The Bertz CT molecular complexity index is 1450. The topological polar surface area (TPSA) is 83.6 Å². The molecular formula is C34H44N6O2. The molecule has 4 aromatic rings. The molecule has 1 fully saturated rings. The van der Waals surface area contributed by atoms with Crippen molar-refractivity contribution < 1.29 is 9.47 Å². The van der Waals surface area contributed by atoms with Gasteiger partial charge in [-0.3, -0.25) is 0 Å². The normalized spacial score (nSPS) is 16.7. The number of methoxy groups -OCH3 is 2. The summed E-state index contributed by atoms with van der Waals surface area (Å²) in [5.41, 5.74) is 4.65. The lowest BCUT2D eigenvalue weighted by molar-refractivity contribution is 0.323. The Labute approximate surface area is 249 Å². The van der Waals surface area contributed by atoms with E-state index in [0.717, 1.165) is 78.8 Å². The highest BCUT2D eigenvalue weighted by molar-refractivity contribution is 5.90. The first-order valence-corrected chi connectivity index (χ1v) is 15.0. The summed E-state index contributed by atoms with van der Waals surface area (Å²) in [6, 6.07) is 23.2. The van der Waals surface area contributed by atoms with Crippen LogP contribution in [0.15, 0.2) is 66.7 Å². The SMILES string of the molecule is COc1ccc(OC)c(NCCc2ccccc2CNCC2CCC(Nc3nc(N(C)C)c4ccccc4n3)CC2)c1. The molecule has 0 saturated heterocycles. The molecular weight excluding hydrogens is 524 g/mol. The fraction of sp³-hybridized carbons (Fsp3) is 0.412. The minimum absolute atomic E-state index is 0.411. The van der Waals surface area contributed by atoms with Crippen LogP contribution < -0.4 is 30.3 Å². The molecule has 0 radical (unpaired) electrons. The highest BCUT2D eigenvalue weighted by Crippen LogP contribution is 2.30. The van der Waals surface area contributed by atoms with Crippen molar-refractivity contribution in [1.29, 1.82) is 0 Å². The minimum atomic E-state index is 0.411. The number of nitrogens with one attached hydrogen (secondary N) is 3. The average molecular weight is 569 g/mol. The van der Waals surface area contributed by atoms with E-state index in [9.17, 15) is 0 Å². The summed E-state index contributed by atoms with van der Waals surface area (Å²) in [6.45, 7) is 2.74. The van der Waals surface area contributed by atoms with Gasteiger partial charge in [0.2, 0.25) is 5.95 Å². The van der Waals surface area contributed by atoms with Crippen LogP contribution in [0.5, 0.6) is 11.5 Å². The van der Waals surface area contributed by atoms with Gasteiger partial charge in [0.15, 0.2) is 0 Å². The molecule has 1 heterocycles. The third-order valence-electron chi connectivity index (χ3n) is 8.17. The van der Waals surface area contributed by atoms with E-state index < -0.39 is 0 Å². The Morgan fingerprint density at radius 3 is 2.38 bits per heavy atom. The van der Waals surface area contributed by atoms with Gasteiger partial charge in [-0.25, -0.2) is 4.98 Å². The number of para-hydroxylation sites is 1. The van der Waals surface area contributed by atoms with Crippen molar-refractivity contribution in [2.75, 3.05) is 56.9 Å². The molecule has 5 rings (SSSR count). The van der Waals surface area contributed by atoms with E-state index in [-0.39, 0.29) is 0 Å². The summed E-state index contributed by atoms with van der Waals surface area (Å²) in [5, 5.41) is 12.0. The maximum Gasteiger partial charge on any atom is 0.225 e. The van der Waals surface area contributed by atoms with Gasteiger partial charge in [0.25, 0.3) is 0 Å². The van der Waals surface area contributed by atoms with E-state index in [1.807, 2.05) is 44.4 Å². The van der Waals surface area contributed by atoms with Crippen LogP contribution >= 0.6 is 0 Å². The summed E-state index contributed by atoms with van der Waals surface area (Å²) < 4.78 is 10.9. The minimum Gasteiger partial charge on any atom is -0.497 e. The summed E-state index contributed by atoms with van der Waals surface area (Å²) in [4.78, 5) is 11.7. The van der Waals surface area contributed by atoms with Gasteiger partial charge >= 0.3 is 0 Å². The second kappa shape index (κ2) is 14.2. The summed E-state index contributed by atoms with van der Waals surface area (Å²) in [7, 11) is 7.44. The number of aromatic nitrogens is 2. The van der Waals surface area contributed by atoms with Crippen LogP contribution in [-0.2, 0) is 13.0 Å². The van der Waals surface area contributed by atoms with E-state index in [4.69, 9.17) is 19.4 Å². The second-order valence-corrected chi connectivity index (χ2v) is 11.3. The zero-order valence-corrected chi connectivity index (χ0v) is 25.3. The fourth-order valence-corrected chi connectivity index (χ4v) is 5.83. The molecule has 0 spiro atoms. The van der Waals surface area contributed by atoms with Gasteiger partial charge in [-0.05, 0) is 80.0 Å². The largest absolute Gasteiger partial charge is 0.497 e. The molecule has 0 aliphatic heterocycles. The molecule has 3 N–H and O–H groups in total. The van der Waals surface area contributed by atoms with Crippen molar-refractivity contribution in [3.63, 3.8) is 0 Å². The van der Waals surface area contributed by atoms with E-state index in [1.165, 1.54) is 24.0 Å². The lowest BCUT2D eigenvalue weighted by Crippen LogP contribution is -2.31. The van der Waals surface area contributed by atoms with Gasteiger partial charge in [-0.15, -0.1) is 0 Å². The van der Waals surface area contributed by atoms with Crippen LogP contribution in [-0.4, -0.2) is 57.4 Å². The van der Waals surface area contributed by atoms with Crippen molar-refractivity contribution in [3.8, 4) is 11.5 Å². The van der Waals surface area contributed by atoms with Crippen molar-refractivity contribution in [1.82, 2.24) is 15.3 Å². The Morgan fingerprint density at radius 2 is 1.62 bits per heavy atom. The predicted octanol–water partition coefficient (Wildman–Crippen LogP) is 6.13. The lowest BCUT2D eigenvalue weighted by Gasteiger charge is -2.29. The number of rotatable bonds is 13. The number of ether oxygens (including phenoxy) is 2. The van der Waals surface area contributed by atoms with E-state index in [1.54, 1.807) is 14.2 Å². The van der Waals surface area contributed by atoms with Crippen LogP contribution in [0.3, 0.4) is 0 Å².